The van der Waals surface area contributed by atoms with E-state index < -0.39 is 0 Å². The van der Waals surface area contributed by atoms with Gasteiger partial charge in [-0.05, 0) is 30.7 Å². The normalized spacial score (nSPS) is 11.9. The van der Waals surface area contributed by atoms with Crippen LogP contribution in [0.1, 0.15) is 34.9 Å². The number of nitrogens with zero attached hydrogens (tertiary/aromatic N) is 2. The summed E-state index contributed by atoms with van der Waals surface area (Å²) in [5.74, 6) is 0.563. The fourth-order valence-corrected chi connectivity index (χ4v) is 3.86. The molecular weight excluding hydrogens is 374 g/mol. The van der Waals surface area contributed by atoms with Crippen LogP contribution in [0.3, 0.4) is 0 Å². The van der Waals surface area contributed by atoms with Gasteiger partial charge in [0.25, 0.3) is 0 Å². The maximum absolute atomic E-state index is 12.9. The highest BCUT2D eigenvalue weighted by molar-refractivity contribution is 5.77. The third kappa shape index (κ3) is 4.06. The van der Waals surface area contributed by atoms with E-state index in [-0.39, 0.29) is 11.8 Å². The van der Waals surface area contributed by atoms with Gasteiger partial charge in [-0.25, -0.2) is 4.98 Å². The van der Waals surface area contributed by atoms with Gasteiger partial charge in [-0.2, -0.15) is 0 Å². The highest BCUT2D eigenvalue weighted by Gasteiger charge is 2.25. The van der Waals surface area contributed by atoms with E-state index >= 15 is 0 Å². The van der Waals surface area contributed by atoms with E-state index in [4.69, 9.17) is 4.74 Å². The number of pyridine rings is 1. The van der Waals surface area contributed by atoms with Gasteiger partial charge in [-0.15, -0.1) is 0 Å². The molecule has 5 nitrogen and oxygen atoms in total. The second-order valence-electron chi connectivity index (χ2n) is 7.30. The van der Waals surface area contributed by atoms with Gasteiger partial charge in [0.1, 0.15) is 11.4 Å². The third-order valence-electron chi connectivity index (χ3n) is 5.35. The van der Waals surface area contributed by atoms with E-state index in [0.717, 1.165) is 33.9 Å². The SMILES string of the molecule is COc1ccccc1C(CC(=O)NCc1ccccc1)c1cnc2cccc(C)n12. The highest BCUT2D eigenvalue weighted by Crippen LogP contribution is 2.35. The Morgan fingerprint density at radius 1 is 1.03 bits per heavy atom. The van der Waals surface area contributed by atoms with Gasteiger partial charge in [-0.1, -0.05) is 54.6 Å². The van der Waals surface area contributed by atoms with Crippen LogP contribution in [-0.4, -0.2) is 22.4 Å². The number of aryl methyl sites for hydroxylation is 1. The number of fused-ring (bicyclic) bond motifs is 1. The van der Waals surface area contributed by atoms with Crippen molar-refractivity contribution in [1.82, 2.24) is 14.7 Å². The lowest BCUT2D eigenvalue weighted by Crippen LogP contribution is -2.25. The molecule has 152 valence electrons. The number of nitrogens with one attached hydrogen (secondary N) is 1. The van der Waals surface area contributed by atoms with E-state index in [1.165, 1.54) is 0 Å². The summed E-state index contributed by atoms with van der Waals surface area (Å²) < 4.78 is 7.73. The van der Waals surface area contributed by atoms with Crippen molar-refractivity contribution in [3.63, 3.8) is 0 Å². The van der Waals surface area contributed by atoms with Gasteiger partial charge in [0.15, 0.2) is 0 Å². The standard InChI is InChI=1S/C25H25N3O2/c1-18-9-8-14-24-26-17-22(28(18)24)21(20-12-6-7-13-23(20)30-2)15-25(29)27-16-19-10-4-3-5-11-19/h3-14,17,21H,15-16H2,1-2H3,(H,27,29). The molecule has 1 N–H and O–H groups in total. The number of carbonyl (C=O) groups is 1. The maximum atomic E-state index is 12.9. The molecule has 0 aliphatic rings. The molecule has 1 unspecified atom stereocenters. The highest BCUT2D eigenvalue weighted by atomic mass is 16.5. The Balaban J connectivity index is 1.68. The summed E-state index contributed by atoms with van der Waals surface area (Å²) in [4.78, 5) is 17.5. The minimum absolute atomic E-state index is 0.0155. The zero-order valence-corrected chi connectivity index (χ0v) is 17.2. The lowest BCUT2D eigenvalue weighted by atomic mass is 9.91. The molecule has 4 aromatic rings. The van der Waals surface area contributed by atoms with Crippen molar-refractivity contribution in [2.45, 2.75) is 25.8 Å². The monoisotopic (exact) mass is 399 g/mol. The zero-order chi connectivity index (χ0) is 20.9. The van der Waals surface area contributed by atoms with Crippen LogP contribution in [0, 0.1) is 6.92 Å². The summed E-state index contributed by atoms with van der Waals surface area (Å²) >= 11 is 0. The van der Waals surface area contributed by atoms with Crippen LogP contribution in [0.4, 0.5) is 0 Å². The van der Waals surface area contributed by atoms with Crippen LogP contribution in [0.5, 0.6) is 5.75 Å². The molecule has 0 aliphatic heterocycles. The number of para-hydroxylation sites is 1. The second kappa shape index (κ2) is 8.82. The lowest BCUT2D eigenvalue weighted by Gasteiger charge is -2.20. The molecule has 0 bridgehead atoms. The number of rotatable bonds is 7. The Morgan fingerprint density at radius 3 is 2.60 bits per heavy atom. The molecule has 30 heavy (non-hydrogen) atoms. The van der Waals surface area contributed by atoms with Gasteiger partial charge in [0.05, 0.1) is 12.8 Å². The van der Waals surface area contributed by atoms with Crippen LogP contribution in [0.15, 0.2) is 79.0 Å². The molecule has 1 atom stereocenters. The second-order valence-corrected chi connectivity index (χ2v) is 7.30. The quantitative estimate of drug-likeness (QED) is 0.498. The largest absolute Gasteiger partial charge is 0.496 e. The Bertz CT molecular complexity index is 1150. The van der Waals surface area contributed by atoms with Gasteiger partial charge in [0.2, 0.25) is 5.91 Å². The maximum Gasteiger partial charge on any atom is 0.221 e. The van der Waals surface area contributed by atoms with Gasteiger partial charge in [-0.3, -0.25) is 4.79 Å². The zero-order valence-electron chi connectivity index (χ0n) is 17.2. The number of methoxy groups -OCH3 is 1. The van der Waals surface area contributed by atoms with E-state index in [9.17, 15) is 4.79 Å². The minimum atomic E-state index is -0.187. The molecule has 0 spiro atoms. The van der Waals surface area contributed by atoms with E-state index in [1.54, 1.807) is 7.11 Å². The first-order valence-electron chi connectivity index (χ1n) is 10.0. The van der Waals surface area contributed by atoms with Crippen molar-refractivity contribution >= 4 is 11.6 Å². The summed E-state index contributed by atoms with van der Waals surface area (Å²) in [6.45, 7) is 2.55. The molecule has 5 heteroatoms. The Morgan fingerprint density at radius 2 is 1.80 bits per heavy atom. The molecule has 0 fully saturated rings. The Labute approximate surface area is 176 Å². The molecule has 0 saturated heterocycles. The fraction of sp³-hybridized carbons (Fsp3) is 0.200. The number of aromatic nitrogens is 2. The molecule has 1 amide bonds. The fourth-order valence-electron chi connectivity index (χ4n) is 3.86. The number of imidazole rings is 1. The summed E-state index contributed by atoms with van der Waals surface area (Å²) in [6, 6.07) is 23.8. The first kappa shape index (κ1) is 19.7. The van der Waals surface area contributed by atoms with Crippen LogP contribution in [-0.2, 0) is 11.3 Å². The molecule has 0 aliphatic carbocycles. The molecular formula is C25H25N3O2. The van der Waals surface area contributed by atoms with Crippen LogP contribution in [0.25, 0.3) is 5.65 Å². The number of carbonyl (C=O) groups excluding carboxylic acids is 1. The molecule has 0 radical (unpaired) electrons. The third-order valence-corrected chi connectivity index (χ3v) is 5.35. The first-order valence-corrected chi connectivity index (χ1v) is 10.0. The smallest absolute Gasteiger partial charge is 0.221 e. The number of amides is 1. The minimum Gasteiger partial charge on any atom is -0.496 e. The average Bonchev–Trinajstić information content (AvgIpc) is 3.22. The number of hydrogen-bond donors (Lipinski definition) is 1. The molecule has 2 aromatic heterocycles. The molecule has 2 heterocycles. The molecule has 0 saturated carbocycles. The van der Waals surface area contributed by atoms with Crippen molar-refractivity contribution < 1.29 is 9.53 Å². The van der Waals surface area contributed by atoms with Crippen molar-refractivity contribution in [2.75, 3.05) is 7.11 Å². The number of benzene rings is 2. The number of ether oxygens (including phenoxy) is 1. The molecule has 2 aromatic carbocycles. The van der Waals surface area contributed by atoms with E-state index in [1.807, 2.05) is 85.9 Å². The average molecular weight is 399 g/mol. The van der Waals surface area contributed by atoms with Gasteiger partial charge >= 0.3 is 0 Å². The summed E-state index contributed by atoms with van der Waals surface area (Å²) in [6.07, 6.45) is 2.17. The van der Waals surface area contributed by atoms with Gasteiger partial charge < -0.3 is 14.5 Å². The van der Waals surface area contributed by atoms with Crippen molar-refractivity contribution in [1.29, 1.82) is 0 Å². The molecule has 4 rings (SSSR count). The predicted octanol–water partition coefficient (Wildman–Crippen LogP) is 4.49. The van der Waals surface area contributed by atoms with Crippen molar-refractivity contribution in [3.8, 4) is 5.75 Å². The van der Waals surface area contributed by atoms with E-state index in [2.05, 4.69) is 14.7 Å². The van der Waals surface area contributed by atoms with Crippen LogP contribution >= 0.6 is 0 Å². The summed E-state index contributed by atoms with van der Waals surface area (Å²) in [5, 5.41) is 3.05. The predicted molar refractivity (Wildman–Crippen MR) is 118 cm³/mol. The van der Waals surface area contributed by atoms with Crippen molar-refractivity contribution in [3.05, 3.63) is 102 Å². The summed E-state index contributed by atoms with van der Waals surface area (Å²) in [7, 11) is 1.66. The summed E-state index contributed by atoms with van der Waals surface area (Å²) in [5.41, 5.74) is 4.96. The topological polar surface area (TPSA) is 55.6 Å². The lowest BCUT2D eigenvalue weighted by molar-refractivity contribution is -0.121. The van der Waals surface area contributed by atoms with Crippen LogP contribution < -0.4 is 10.1 Å². The number of hydrogen-bond acceptors (Lipinski definition) is 3. The van der Waals surface area contributed by atoms with E-state index in [0.29, 0.717) is 13.0 Å². The Hall–Kier alpha value is -3.60. The van der Waals surface area contributed by atoms with Crippen LogP contribution in [0.2, 0.25) is 0 Å². The van der Waals surface area contributed by atoms with Gasteiger partial charge in [0, 0.05) is 36.3 Å². The Kier molecular flexibility index (Phi) is 5.80. The first-order chi connectivity index (χ1) is 14.7. The van der Waals surface area contributed by atoms with Crippen molar-refractivity contribution in [2.24, 2.45) is 0 Å².